The molecule has 0 radical (unpaired) electrons. The minimum absolute atomic E-state index is 0.192. The van der Waals surface area contributed by atoms with Crippen LogP contribution in [0.3, 0.4) is 0 Å². The molecule has 0 amide bonds. The van der Waals surface area contributed by atoms with E-state index in [2.05, 4.69) is 24.4 Å². The van der Waals surface area contributed by atoms with Gasteiger partial charge in [-0.2, -0.15) is 0 Å². The van der Waals surface area contributed by atoms with Crippen LogP contribution in [0.5, 0.6) is 11.5 Å². The molecule has 1 aliphatic rings. The molecule has 1 aromatic heterocycles. The summed E-state index contributed by atoms with van der Waals surface area (Å²) in [5, 5.41) is 14.3. The van der Waals surface area contributed by atoms with Crippen molar-refractivity contribution in [1.29, 1.82) is 0 Å². The molecule has 29 heavy (non-hydrogen) atoms. The summed E-state index contributed by atoms with van der Waals surface area (Å²) in [6, 6.07) is 12.3. The third-order valence-corrected chi connectivity index (χ3v) is 5.55. The molecule has 2 N–H and O–H groups in total. The highest BCUT2D eigenvalue weighted by Gasteiger charge is 2.21. The number of fused-ring (bicyclic) bond motifs is 1. The lowest BCUT2D eigenvalue weighted by Gasteiger charge is -2.27. The molecule has 6 heteroatoms. The van der Waals surface area contributed by atoms with Crippen molar-refractivity contribution >= 4 is 16.7 Å². The highest BCUT2D eigenvalue weighted by atomic mass is 16.5. The van der Waals surface area contributed by atoms with Gasteiger partial charge in [-0.15, -0.1) is 0 Å². The first kappa shape index (κ1) is 19.5. The Bertz CT molecular complexity index is 996. The molecular formula is C23H27N3O3. The largest absolute Gasteiger partial charge is 0.493 e. The molecule has 4 rings (SSSR count). The molecule has 1 saturated carbocycles. The van der Waals surface area contributed by atoms with E-state index in [0.717, 1.165) is 48.0 Å². The van der Waals surface area contributed by atoms with Crippen molar-refractivity contribution in [2.75, 3.05) is 19.5 Å². The number of nitrogens with zero attached hydrogens (tertiary/aromatic N) is 2. The number of nitrogens with one attached hydrogen (secondary N) is 1. The lowest BCUT2D eigenvalue weighted by molar-refractivity contribution is 0.126. The smallest absolute Gasteiger partial charge is 0.162 e. The van der Waals surface area contributed by atoms with Gasteiger partial charge in [0.15, 0.2) is 17.3 Å². The van der Waals surface area contributed by atoms with Crippen LogP contribution in [0.2, 0.25) is 0 Å². The minimum Gasteiger partial charge on any atom is -0.493 e. The fourth-order valence-corrected chi connectivity index (χ4v) is 3.81. The summed E-state index contributed by atoms with van der Waals surface area (Å²) in [6.07, 6.45) is 3.26. The average Bonchev–Trinajstić information content (AvgIpc) is 2.74. The number of aryl methyl sites for hydroxylation is 1. The fourth-order valence-electron chi connectivity index (χ4n) is 3.81. The zero-order chi connectivity index (χ0) is 20.4. The second kappa shape index (κ2) is 8.25. The van der Waals surface area contributed by atoms with Gasteiger partial charge in [0.1, 0.15) is 5.82 Å². The maximum atomic E-state index is 9.82. The van der Waals surface area contributed by atoms with E-state index in [4.69, 9.17) is 19.4 Å². The highest BCUT2D eigenvalue weighted by Crippen LogP contribution is 2.36. The second-order valence-electron chi connectivity index (χ2n) is 7.64. The SMILES string of the molecule is COc1cc2nc(-c3ccc(C)cc3)nc(N[C@H]3CC[C@H](O)CC3)c2cc1OC. The van der Waals surface area contributed by atoms with Gasteiger partial charge in [-0.05, 0) is 38.7 Å². The monoisotopic (exact) mass is 393 g/mol. The number of hydrogen-bond acceptors (Lipinski definition) is 6. The number of benzene rings is 2. The minimum atomic E-state index is -0.192. The molecule has 2 aromatic carbocycles. The number of ether oxygens (including phenoxy) is 2. The molecule has 0 unspecified atom stereocenters. The Morgan fingerprint density at radius 3 is 2.24 bits per heavy atom. The number of rotatable bonds is 5. The molecule has 1 fully saturated rings. The van der Waals surface area contributed by atoms with Crippen LogP contribution in [0.4, 0.5) is 5.82 Å². The lowest BCUT2D eigenvalue weighted by atomic mass is 9.93. The van der Waals surface area contributed by atoms with E-state index >= 15 is 0 Å². The van der Waals surface area contributed by atoms with Gasteiger partial charge in [-0.25, -0.2) is 9.97 Å². The maximum absolute atomic E-state index is 9.82. The molecule has 0 bridgehead atoms. The molecule has 6 nitrogen and oxygen atoms in total. The van der Waals surface area contributed by atoms with Crippen LogP contribution >= 0.6 is 0 Å². The molecule has 3 aromatic rings. The number of anilines is 1. The summed E-state index contributed by atoms with van der Waals surface area (Å²) in [4.78, 5) is 9.66. The van der Waals surface area contributed by atoms with E-state index in [1.165, 1.54) is 5.56 Å². The van der Waals surface area contributed by atoms with E-state index < -0.39 is 0 Å². The van der Waals surface area contributed by atoms with Crippen LogP contribution in [-0.4, -0.2) is 41.4 Å². The highest BCUT2D eigenvalue weighted by molar-refractivity contribution is 5.93. The Hall–Kier alpha value is -2.86. The van der Waals surface area contributed by atoms with Crippen molar-refractivity contribution in [1.82, 2.24) is 9.97 Å². The number of aromatic nitrogens is 2. The van der Waals surface area contributed by atoms with Crippen LogP contribution in [0.1, 0.15) is 31.2 Å². The van der Waals surface area contributed by atoms with Gasteiger partial charge in [0.25, 0.3) is 0 Å². The summed E-state index contributed by atoms with van der Waals surface area (Å²) >= 11 is 0. The van der Waals surface area contributed by atoms with E-state index in [1.54, 1.807) is 14.2 Å². The average molecular weight is 393 g/mol. The Labute approximate surface area is 170 Å². The van der Waals surface area contributed by atoms with E-state index in [-0.39, 0.29) is 12.1 Å². The van der Waals surface area contributed by atoms with Gasteiger partial charge in [0, 0.05) is 23.1 Å². The fraction of sp³-hybridized carbons (Fsp3) is 0.391. The first-order chi connectivity index (χ1) is 14.1. The van der Waals surface area contributed by atoms with Gasteiger partial charge in [-0.1, -0.05) is 29.8 Å². The van der Waals surface area contributed by atoms with Crippen molar-refractivity contribution in [3.8, 4) is 22.9 Å². The van der Waals surface area contributed by atoms with E-state index in [1.807, 2.05) is 24.3 Å². The maximum Gasteiger partial charge on any atom is 0.162 e. The van der Waals surface area contributed by atoms with Crippen LogP contribution < -0.4 is 14.8 Å². The normalized spacial score (nSPS) is 19.2. The molecule has 0 aliphatic heterocycles. The standard InChI is InChI=1S/C23H27N3O3/c1-14-4-6-15(7-5-14)22-25-19-13-21(29-3)20(28-2)12-18(19)23(26-22)24-16-8-10-17(27)11-9-16/h4-7,12-13,16-17,27H,8-11H2,1-3H3,(H,24,25,26)/t16-,17-. The lowest BCUT2D eigenvalue weighted by Crippen LogP contribution is -2.28. The van der Waals surface area contributed by atoms with Crippen molar-refractivity contribution in [3.05, 3.63) is 42.0 Å². The first-order valence-electron chi connectivity index (χ1n) is 10.0. The molecule has 0 spiro atoms. The number of hydrogen-bond donors (Lipinski definition) is 2. The summed E-state index contributed by atoms with van der Waals surface area (Å²) in [7, 11) is 3.25. The Morgan fingerprint density at radius 1 is 0.931 bits per heavy atom. The van der Waals surface area contributed by atoms with Crippen molar-refractivity contribution in [2.24, 2.45) is 0 Å². The van der Waals surface area contributed by atoms with Crippen LogP contribution in [0.25, 0.3) is 22.3 Å². The quantitative estimate of drug-likeness (QED) is 0.672. The molecule has 1 aliphatic carbocycles. The Kier molecular flexibility index (Phi) is 5.53. The van der Waals surface area contributed by atoms with Crippen molar-refractivity contribution in [3.63, 3.8) is 0 Å². The topological polar surface area (TPSA) is 76.5 Å². The zero-order valence-electron chi connectivity index (χ0n) is 17.1. The second-order valence-corrected chi connectivity index (χ2v) is 7.64. The molecule has 1 heterocycles. The van der Waals surface area contributed by atoms with Gasteiger partial charge in [0.2, 0.25) is 0 Å². The molecular weight excluding hydrogens is 366 g/mol. The molecule has 0 saturated heterocycles. The van der Waals surface area contributed by atoms with Gasteiger partial charge < -0.3 is 19.9 Å². The van der Waals surface area contributed by atoms with Crippen LogP contribution in [0, 0.1) is 6.92 Å². The summed E-state index contributed by atoms with van der Waals surface area (Å²) in [5.74, 6) is 2.74. The zero-order valence-corrected chi connectivity index (χ0v) is 17.1. The first-order valence-corrected chi connectivity index (χ1v) is 10.0. The summed E-state index contributed by atoms with van der Waals surface area (Å²) < 4.78 is 11.0. The number of aliphatic hydroxyl groups is 1. The van der Waals surface area contributed by atoms with Gasteiger partial charge >= 0.3 is 0 Å². The predicted molar refractivity (Wildman–Crippen MR) is 115 cm³/mol. The van der Waals surface area contributed by atoms with Crippen LogP contribution in [0.15, 0.2) is 36.4 Å². The third-order valence-electron chi connectivity index (χ3n) is 5.55. The van der Waals surface area contributed by atoms with Crippen molar-refractivity contribution < 1.29 is 14.6 Å². The molecule has 152 valence electrons. The molecule has 0 atom stereocenters. The summed E-state index contributed by atoms with van der Waals surface area (Å²) in [6.45, 7) is 2.06. The van der Waals surface area contributed by atoms with Crippen LogP contribution in [-0.2, 0) is 0 Å². The predicted octanol–water partition coefficient (Wildman–Crippen LogP) is 4.34. The van der Waals surface area contributed by atoms with Crippen molar-refractivity contribution in [2.45, 2.75) is 44.8 Å². The third kappa shape index (κ3) is 4.12. The van der Waals surface area contributed by atoms with Gasteiger partial charge in [0.05, 0.1) is 25.8 Å². The Morgan fingerprint density at radius 2 is 1.59 bits per heavy atom. The number of aliphatic hydroxyl groups excluding tert-OH is 1. The number of methoxy groups -OCH3 is 2. The van der Waals surface area contributed by atoms with E-state index in [0.29, 0.717) is 17.3 Å². The Balaban J connectivity index is 1.81. The van der Waals surface area contributed by atoms with E-state index in [9.17, 15) is 5.11 Å². The van der Waals surface area contributed by atoms with Gasteiger partial charge in [-0.3, -0.25) is 0 Å². The summed E-state index contributed by atoms with van der Waals surface area (Å²) in [5.41, 5.74) is 2.96.